The third kappa shape index (κ3) is 3.32. The van der Waals surface area contributed by atoms with Crippen molar-refractivity contribution in [1.29, 1.82) is 0 Å². The Morgan fingerprint density at radius 1 is 1.18 bits per heavy atom. The molecule has 17 heavy (non-hydrogen) atoms. The number of carbonyl (C=O) groups excluding carboxylic acids is 1. The van der Waals surface area contributed by atoms with Gasteiger partial charge in [-0.15, -0.1) is 0 Å². The first kappa shape index (κ1) is 15.7. The molecule has 2 nitrogen and oxygen atoms in total. The van der Waals surface area contributed by atoms with E-state index in [0.717, 1.165) is 24.2 Å². The molecule has 1 aromatic rings. The molecule has 2 heteroatoms. The second kappa shape index (κ2) is 7.88. The number of amides is 1. The maximum absolute atomic E-state index is 11.8. The summed E-state index contributed by atoms with van der Waals surface area (Å²) in [5.74, 6) is 0.190. The third-order valence-corrected chi connectivity index (χ3v) is 2.60. The Hall–Kier alpha value is -1.31. The Labute approximate surface area is 106 Å². The fourth-order valence-electron chi connectivity index (χ4n) is 1.86. The van der Waals surface area contributed by atoms with E-state index in [2.05, 4.69) is 0 Å². The number of hydrogen-bond acceptors (Lipinski definition) is 1. The van der Waals surface area contributed by atoms with Gasteiger partial charge in [-0.05, 0) is 25.0 Å². The molecule has 0 saturated heterocycles. The van der Waals surface area contributed by atoms with E-state index >= 15 is 0 Å². The molecule has 0 unspecified atom stereocenters. The zero-order valence-electron chi connectivity index (χ0n) is 12.0. The van der Waals surface area contributed by atoms with Gasteiger partial charge in [-0.2, -0.15) is 0 Å². The molecule has 1 amide bonds. The minimum absolute atomic E-state index is 0.190. The van der Waals surface area contributed by atoms with E-state index in [1.165, 1.54) is 5.56 Å². The van der Waals surface area contributed by atoms with E-state index in [1.807, 2.05) is 64.6 Å². The number of aryl methyl sites for hydroxylation is 1. The van der Waals surface area contributed by atoms with Gasteiger partial charge in [0.25, 0.3) is 5.91 Å². The van der Waals surface area contributed by atoms with Crippen LogP contribution in [-0.2, 0) is 6.54 Å². The van der Waals surface area contributed by atoms with Crippen molar-refractivity contribution >= 4 is 5.91 Å². The van der Waals surface area contributed by atoms with E-state index in [0.29, 0.717) is 0 Å². The number of hydrogen-bond donors (Lipinski definition) is 0. The molecule has 0 aromatic heterocycles. The lowest BCUT2D eigenvalue weighted by molar-refractivity contribution is 0.0786. The van der Waals surface area contributed by atoms with Crippen LogP contribution in [0.4, 0.5) is 0 Å². The lowest BCUT2D eigenvalue weighted by Gasteiger charge is -2.11. The normalized spacial score (nSPS) is 12.1. The minimum Gasteiger partial charge on any atom is -0.335 e. The summed E-state index contributed by atoms with van der Waals surface area (Å²) in [4.78, 5) is 13.6. The molecule has 1 aliphatic rings. The summed E-state index contributed by atoms with van der Waals surface area (Å²) in [5, 5.41) is 0. The van der Waals surface area contributed by atoms with Crippen LogP contribution < -0.4 is 0 Å². The summed E-state index contributed by atoms with van der Waals surface area (Å²) in [7, 11) is 0. The summed E-state index contributed by atoms with van der Waals surface area (Å²) >= 11 is 0. The topological polar surface area (TPSA) is 20.3 Å². The lowest BCUT2D eigenvalue weighted by atomic mass is 10.0. The van der Waals surface area contributed by atoms with Gasteiger partial charge < -0.3 is 4.90 Å². The van der Waals surface area contributed by atoms with Crippen molar-refractivity contribution in [2.45, 2.75) is 48.1 Å². The fourth-order valence-corrected chi connectivity index (χ4v) is 1.86. The predicted octanol–water partition coefficient (Wildman–Crippen LogP) is 4.02. The molecule has 0 N–H and O–H groups in total. The van der Waals surface area contributed by atoms with Crippen LogP contribution in [0.3, 0.4) is 0 Å². The van der Waals surface area contributed by atoms with Gasteiger partial charge in [0.1, 0.15) is 0 Å². The molecule has 0 spiro atoms. The minimum atomic E-state index is 0.190. The molecule has 0 radical (unpaired) electrons. The Morgan fingerprint density at radius 3 is 2.24 bits per heavy atom. The first-order valence-electron chi connectivity index (χ1n) is 6.61. The van der Waals surface area contributed by atoms with Gasteiger partial charge in [-0.1, -0.05) is 45.9 Å². The van der Waals surface area contributed by atoms with Crippen LogP contribution in [0.5, 0.6) is 0 Å². The van der Waals surface area contributed by atoms with Gasteiger partial charge >= 0.3 is 0 Å². The molecule has 1 aliphatic heterocycles. The van der Waals surface area contributed by atoms with Crippen molar-refractivity contribution in [3.8, 4) is 0 Å². The Kier molecular flexibility index (Phi) is 7.27. The largest absolute Gasteiger partial charge is 0.335 e. The smallest absolute Gasteiger partial charge is 0.254 e. The Morgan fingerprint density at radius 2 is 1.76 bits per heavy atom. The predicted molar refractivity (Wildman–Crippen MR) is 74.3 cm³/mol. The van der Waals surface area contributed by atoms with Gasteiger partial charge in [0, 0.05) is 18.7 Å². The Balaban J connectivity index is 0.000000581. The monoisotopic (exact) mass is 235 g/mol. The van der Waals surface area contributed by atoms with E-state index in [9.17, 15) is 4.79 Å². The van der Waals surface area contributed by atoms with Crippen molar-refractivity contribution in [3.63, 3.8) is 0 Å². The second-order valence-corrected chi connectivity index (χ2v) is 3.43. The van der Waals surface area contributed by atoms with Crippen molar-refractivity contribution in [2.75, 3.05) is 6.54 Å². The van der Waals surface area contributed by atoms with E-state index < -0.39 is 0 Å². The fraction of sp³-hybridized carbons (Fsp3) is 0.533. The van der Waals surface area contributed by atoms with Gasteiger partial charge in [-0.25, -0.2) is 0 Å². The molecule has 0 saturated carbocycles. The van der Waals surface area contributed by atoms with Crippen molar-refractivity contribution in [3.05, 3.63) is 34.9 Å². The number of nitrogens with zero attached hydrogens (tertiary/aromatic N) is 1. The molecule has 0 aliphatic carbocycles. The number of fused-ring (bicyclic) bond motifs is 1. The van der Waals surface area contributed by atoms with Crippen LogP contribution in [-0.4, -0.2) is 17.4 Å². The highest BCUT2D eigenvalue weighted by Gasteiger charge is 2.26. The second-order valence-electron chi connectivity index (χ2n) is 3.43. The van der Waals surface area contributed by atoms with Crippen LogP contribution in [0.2, 0.25) is 0 Å². The zero-order valence-corrected chi connectivity index (χ0v) is 12.0. The molecule has 96 valence electrons. The van der Waals surface area contributed by atoms with Gasteiger partial charge in [-0.3, -0.25) is 4.79 Å². The first-order valence-corrected chi connectivity index (χ1v) is 6.61. The molecular weight excluding hydrogens is 210 g/mol. The van der Waals surface area contributed by atoms with E-state index in [4.69, 9.17) is 0 Å². The van der Waals surface area contributed by atoms with Crippen LogP contribution in [0.15, 0.2) is 18.2 Å². The van der Waals surface area contributed by atoms with Crippen LogP contribution in [0, 0.1) is 6.92 Å². The lowest BCUT2D eigenvalue weighted by Crippen LogP contribution is -2.23. The SMILES string of the molecule is CC.CC.CCN1Cc2cccc(C)c2C1=O. The van der Waals surface area contributed by atoms with Gasteiger partial charge in [0.2, 0.25) is 0 Å². The maximum Gasteiger partial charge on any atom is 0.254 e. The van der Waals surface area contributed by atoms with Crippen molar-refractivity contribution in [1.82, 2.24) is 4.90 Å². The van der Waals surface area contributed by atoms with Crippen LogP contribution in [0.25, 0.3) is 0 Å². The molecule has 0 bridgehead atoms. The third-order valence-electron chi connectivity index (χ3n) is 2.60. The quantitative estimate of drug-likeness (QED) is 0.720. The summed E-state index contributed by atoms with van der Waals surface area (Å²) in [6.07, 6.45) is 0. The Bertz CT molecular complexity index is 358. The number of carbonyl (C=O) groups is 1. The van der Waals surface area contributed by atoms with Crippen molar-refractivity contribution in [2.24, 2.45) is 0 Å². The molecule has 1 aromatic carbocycles. The zero-order chi connectivity index (χ0) is 13.4. The molecular formula is C15H25NO. The van der Waals surface area contributed by atoms with Crippen LogP contribution in [0.1, 0.15) is 56.1 Å². The molecule has 0 fully saturated rings. The molecule has 2 rings (SSSR count). The average molecular weight is 235 g/mol. The summed E-state index contributed by atoms with van der Waals surface area (Å²) in [5.41, 5.74) is 3.19. The van der Waals surface area contributed by atoms with E-state index in [-0.39, 0.29) is 5.91 Å². The summed E-state index contributed by atoms with van der Waals surface area (Å²) in [6.45, 7) is 13.6. The summed E-state index contributed by atoms with van der Waals surface area (Å²) in [6, 6.07) is 6.05. The molecule has 1 heterocycles. The average Bonchev–Trinajstić information content (AvgIpc) is 2.72. The number of rotatable bonds is 1. The first-order chi connectivity index (χ1) is 8.24. The van der Waals surface area contributed by atoms with Crippen LogP contribution >= 0.6 is 0 Å². The van der Waals surface area contributed by atoms with Gasteiger partial charge in [0.15, 0.2) is 0 Å². The molecule has 0 atom stereocenters. The maximum atomic E-state index is 11.8. The van der Waals surface area contributed by atoms with Gasteiger partial charge in [0.05, 0.1) is 0 Å². The van der Waals surface area contributed by atoms with Crippen molar-refractivity contribution < 1.29 is 4.79 Å². The summed E-state index contributed by atoms with van der Waals surface area (Å²) < 4.78 is 0. The highest BCUT2D eigenvalue weighted by molar-refractivity contribution is 5.99. The highest BCUT2D eigenvalue weighted by atomic mass is 16.2. The standard InChI is InChI=1S/C11H13NO.2C2H6/c1-3-12-7-9-6-4-5-8(2)10(9)11(12)13;2*1-2/h4-6H,3,7H2,1-2H3;2*1-2H3. The number of benzene rings is 1. The highest BCUT2D eigenvalue weighted by Crippen LogP contribution is 2.24. The van der Waals surface area contributed by atoms with E-state index in [1.54, 1.807) is 0 Å².